The van der Waals surface area contributed by atoms with E-state index < -0.39 is 0 Å². The number of hydrogen-bond donors (Lipinski definition) is 2. The van der Waals surface area contributed by atoms with Gasteiger partial charge in [-0.2, -0.15) is 0 Å². The molecule has 1 saturated heterocycles. The topological polar surface area (TPSA) is 61.9 Å². The molecule has 1 fully saturated rings. The highest BCUT2D eigenvalue weighted by Crippen LogP contribution is 2.24. The third kappa shape index (κ3) is 2.81. The average Bonchev–Trinajstić information content (AvgIpc) is 2.80. The van der Waals surface area contributed by atoms with Crippen LogP contribution in [0.5, 0.6) is 0 Å². The smallest absolute Gasteiger partial charge is 0.156 e. The van der Waals surface area contributed by atoms with E-state index in [1.165, 1.54) is 12.1 Å². The van der Waals surface area contributed by atoms with Gasteiger partial charge in [0, 0.05) is 11.0 Å². The number of oxime groups is 1. The summed E-state index contributed by atoms with van der Waals surface area (Å²) in [5.74, 6) is -0.0224. The highest BCUT2D eigenvalue weighted by molar-refractivity contribution is 9.10. The summed E-state index contributed by atoms with van der Waals surface area (Å²) in [4.78, 5) is 2.13. The van der Waals surface area contributed by atoms with Crippen molar-refractivity contribution >= 4 is 21.8 Å². The van der Waals surface area contributed by atoms with E-state index in [4.69, 9.17) is 10.9 Å². The lowest BCUT2D eigenvalue weighted by Gasteiger charge is -2.23. The Bertz CT molecular complexity index is 467. The predicted molar refractivity (Wildman–Crippen MR) is 70.9 cm³/mol. The maximum absolute atomic E-state index is 13.0. The fourth-order valence-corrected chi connectivity index (χ4v) is 2.76. The number of nitrogens with two attached hydrogens (primary N) is 1. The Hall–Kier alpha value is -1.14. The third-order valence-electron chi connectivity index (χ3n) is 3.21. The van der Waals surface area contributed by atoms with Gasteiger partial charge in [0.2, 0.25) is 0 Å². The monoisotopic (exact) mass is 315 g/mol. The van der Waals surface area contributed by atoms with Gasteiger partial charge in [0.05, 0.1) is 6.04 Å². The number of rotatable bonds is 3. The van der Waals surface area contributed by atoms with Crippen molar-refractivity contribution in [1.82, 2.24) is 4.90 Å². The van der Waals surface area contributed by atoms with Gasteiger partial charge < -0.3 is 10.9 Å². The first-order valence-corrected chi connectivity index (χ1v) is 6.56. The van der Waals surface area contributed by atoms with E-state index in [1.807, 2.05) is 0 Å². The molecule has 1 atom stereocenters. The van der Waals surface area contributed by atoms with Gasteiger partial charge in [-0.1, -0.05) is 27.2 Å². The Morgan fingerprint density at radius 2 is 2.39 bits per heavy atom. The lowest BCUT2D eigenvalue weighted by Crippen LogP contribution is -2.40. The first kappa shape index (κ1) is 13.3. The molecular formula is C12H15BrFN3O. The number of amidine groups is 1. The summed E-state index contributed by atoms with van der Waals surface area (Å²) in [7, 11) is 0. The summed E-state index contributed by atoms with van der Waals surface area (Å²) in [6, 6.07) is 4.60. The number of nitrogens with zero attached hydrogens (tertiary/aromatic N) is 2. The van der Waals surface area contributed by atoms with Crippen LogP contribution in [0.25, 0.3) is 0 Å². The van der Waals surface area contributed by atoms with Crippen molar-refractivity contribution in [3.05, 3.63) is 34.1 Å². The van der Waals surface area contributed by atoms with Gasteiger partial charge in [0.15, 0.2) is 5.84 Å². The van der Waals surface area contributed by atoms with E-state index in [1.54, 1.807) is 6.07 Å². The summed E-state index contributed by atoms with van der Waals surface area (Å²) < 4.78 is 13.7. The van der Waals surface area contributed by atoms with Crippen LogP contribution in [0.15, 0.2) is 27.8 Å². The molecule has 0 saturated carbocycles. The minimum absolute atomic E-state index is 0.0352. The second kappa shape index (κ2) is 5.67. The Morgan fingerprint density at radius 1 is 1.61 bits per heavy atom. The van der Waals surface area contributed by atoms with Gasteiger partial charge in [-0.25, -0.2) is 4.39 Å². The summed E-state index contributed by atoms with van der Waals surface area (Å²) in [5, 5.41) is 11.8. The molecule has 0 aromatic heterocycles. The standard InChI is InChI=1S/C12H15BrFN3O/c13-10-6-9(14)4-3-8(10)7-17-5-1-2-11(17)12(15)16-18/h3-4,6,11,18H,1-2,5,7H2,(H2,15,16). The second-order valence-corrected chi connectivity index (χ2v) is 5.24. The summed E-state index contributed by atoms with van der Waals surface area (Å²) in [5.41, 5.74) is 6.67. The van der Waals surface area contributed by atoms with Gasteiger partial charge >= 0.3 is 0 Å². The minimum Gasteiger partial charge on any atom is -0.409 e. The van der Waals surface area contributed by atoms with Crippen LogP contribution in [-0.2, 0) is 6.54 Å². The van der Waals surface area contributed by atoms with Crippen LogP contribution in [0.4, 0.5) is 4.39 Å². The molecule has 1 aliphatic rings. The normalized spacial score (nSPS) is 21.4. The molecule has 0 amide bonds. The van der Waals surface area contributed by atoms with Crippen LogP contribution in [0.2, 0.25) is 0 Å². The zero-order chi connectivity index (χ0) is 13.1. The van der Waals surface area contributed by atoms with Crippen molar-refractivity contribution in [2.45, 2.75) is 25.4 Å². The van der Waals surface area contributed by atoms with Gasteiger partial charge in [0.25, 0.3) is 0 Å². The average molecular weight is 316 g/mol. The van der Waals surface area contributed by atoms with Crippen molar-refractivity contribution in [2.24, 2.45) is 10.9 Å². The van der Waals surface area contributed by atoms with Crippen molar-refractivity contribution in [3.63, 3.8) is 0 Å². The highest BCUT2D eigenvalue weighted by atomic mass is 79.9. The van der Waals surface area contributed by atoms with Crippen molar-refractivity contribution in [1.29, 1.82) is 0 Å². The lowest BCUT2D eigenvalue weighted by molar-refractivity contribution is 0.274. The number of likely N-dealkylation sites (tertiary alicyclic amines) is 1. The van der Waals surface area contributed by atoms with Gasteiger partial charge in [-0.05, 0) is 37.1 Å². The molecule has 1 aromatic rings. The highest BCUT2D eigenvalue weighted by Gasteiger charge is 2.28. The minimum atomic E-state index is -0.264. The van der Waals surface area contributed by atoms with E-state index in [9.17, 15) is 4.39 Å². The number of hydrogen-bond acceptors (Lipinski definition) is 3. The molecule has 3 N–H and O–H groups in total. The first-order valence-electron chi connectivity index (χ1n) is 5.77. The largest absolute Gasteiger partial charge is 0.409 e. The summed E-state index contributed by atoms with van der Waals surface area (Å²) in [6.45, 7) is 1.55. The van der Waals surface area contributed by atoms with Gasteiger partial charge in [0.1, 0.15) is 5.82 Å². The molecule has 18 heavy (non-hydrogen) atoms. The Labute approximate surface area is 113 Å². The Kier molecular flexibility index (Phi) is 4.19. The Balaban J connectivity index is 2.13. The van der Waals surface area contributed by atoms with E-state index in [-0.39, 0.29) is 17.7 Å². The fourth-order valence-electron chi connectivity index (χ4n) is 2.29. The molecule has 4 nitrogen and oxygen atoms in total. The van der Waals surface area contributed by atoms with Crippen molar-refractivity contribution in [2.75, 3.05) is 6.54 Å². The molecule has 1 heterocycles. The predicted octanol–water partition coefficient (Wildman–Crippen LogP) is 2.30. The molecule has 1 aromatic carbocycles. The molecule has 0 aliphatic carbocycles. The molecule has 1 unspecified atom stereocenters. The quantitative estimate of drug-likeness (QED) is 0.389. The van der Waals surface area contributed by atoms with E-state index in [2.05, 4.69) is 26.0 Å². The van der Waals surface area contributed by atoms with E-state index in [0.717, 1.165) is 29.4 Å². The SMILES string of the molecule is NC(=NO)C1CCCN1Cc1ccc(F)cc1Br. The molecule has 0 spiro atoms. The number of benzene rings is 1. The second-order valence-electron chi connectivity index (χ2n) is 4.39. The molecule has 2 rings (SSSR count). The van der Waals surface area contributed by atoms with Crippen LogP contribution in [0.1, 0.15) is 18.4 Å². The molecule has 0 radical (unpaired) electrons. The summed E-state index contributed by atoms with van der Waals surface area (Å²) in [6.07, 6.45) is 1.90. The van der Waals surface area contributed by atoms with E-state index in [0.29, 0.717) is 6.54 Å². The van der Waals surface area contributed by atoms with Gasteiger partial charge in [-0.3, -0.25) is 4.90 Å². The maximum Gasteiger partial charge on any atom is 0.156 e. The summed E-state index contributed by atoms with van der Waals surface area (Å²) >= 11 is 3.35. The molecule has 1 aliphatic heterocycles. The number of halogens is 2. The zero-order valence-corrected chi connectivity index (χ0v) is 11.4. The van der Waals surface area contributed by atoms with Crippen molar-refractivity contribution in [3.8, 4) is 0 Å². The molecule has 6 heteroatoms. The van der Waals surface area contributed by atoms with Gasteiger partial charge in [-0.15, -0.1) is 0 Å². The molecule has 98 valence electrons. The fraction of sp³-hybridized carbons (Fsp3) is 0.417. The van der Waals surface area contributed by atoms with Crippen LogP contribution in [0.3, 0.4) is 0 Å². The van der Waals surface area contributed by atoms with E-state index >= 15 is 0 Å². The van der Waals surface area contributed by atoms with Crippen LogP contribution in [-0.4, -0.2) is 28.5 Å². The molecular weight excluding hydrogens is 301 g/mol. The maximum atomic E-state index is 13.0. The van der Waals surface area contributed by atoms with Crippen molar-refractivity contribution < 1.29 is 9.60 Å². The Morgan fingerprint density at radius 3 is 3.06 bits per heavy atom. The third-order valence-corrected chi connectivity index (χ3v) is 3.95. The first-order chi connectivity index (χ1) is 8.61. The van der Waals surface area contributed by atoms with Crippen LogP contribution in [0, 0.1) is 5.82 Å². The lowest BCUT2D eigenvalue weighted by atomic mass is 10.1. The zero-order valence-electron chi connectivity index (χ0n) is 9.81. The van der Waals surface area contributed by atoms with Crippen LogP contribution >= 0.6 is 15.9 Å². The molecule has 0 bridgehead atoms. The van der Waals surface area contributed by atoms with Crippen LogP contribution < -0.4 is 5.73 Å².